The molecule has 0 aliphatic heterocycles. The minimum absolute atomic E-state index is 0.352. The van der Waals surface area contributed by atoms with Crippen molar-refractivity contribution >= 4 is 5.97 Å². The minimum Gasteiger partial charge on any atom is -0.478 e. The molecule has 0 saturated heterocycles. The van der Waals surface area contributed by atoms with Crippen LogP contribution in [0, 0.1) is 0 Å². The highest BCUT2D eigenvalue weighted by molar-refractivity contribution is 5.87. The van der Waals surface area contributed by atoms with Gasteiger partial charge in [0.25, 0.3) is 0 Å². The predicted molar refractivity (Wildman–Crippen MR) is 70.0 cm³/mol. The first-order valence-corrected chi connectivity index (χ1v) is 6.17. The maximum atomic E-state index is 10.8. The molecule has 1 aliphatic carbocycles. The lowest BCUT2D eigenvalue weighted by Crippen LogP contribution is -1.99. The van der Waals surface area contributed by atoms with Crippen LogP contribution in [0.3, 0.4) is 0 Å². The lowest BCUT2D eigenvalue weighted by molar-refractivity contribution is 0.0697. The van der Waals surface area contributed by atoms with Crippen LogP contribution in [0.4, 0.5) is 0 Å². The quantitative estimate of drug-likeness (QED) is 0.869. The predicted octanol–water partition coefficient (Wildman–Crippen LogP) is 3.46. The molecule has 1 N–H and O–H groups in total. The van der Waals surface area contributed by atoms with Crippen molar-refractivity contribution in [1.29, 1.82) is 0 Å². The second-order valence-electron chi connectivity index (χ2n) is 4.72. The number of aryl methyl sites for hydroxylation is 1. The normalized spacial score (nSPS) is 17.4. The highest BCUT2D eigenvalue weighted by atomic mass is 16.4. The average Bonchev–Trinajstić information content (AvgIpc) is 2.82. The Bertz CT molecular complexity index is 584. The van der Waals surface area contributed by atoms with E-state index in [0.717, 1.165) is 12.8 Å². The van der Waals surface area contributed by atoms with Crippen LogP contribution in [0.5, 0.6) is 0 Å². The molecule has 3 rings (SSSR count). The van der Waals surface area contributed by atoms with E-state index >= 15 is 0 Å². The van der Waals surface area contributed by atoms with Crippen LogP contribution in [0.15, 0.2) is 48.5 Å². The van der Waals surface area contributed by atoms with Gasteiger partial charge in [0.2, 0.25) is 0 Å². The Kier molecular flexibility index (Phi) is 2.63. The maximum Gasteiger partial charge on any atom is 0.335 e. The Morgan fingerprint density at radius 3 is 2.50 bits per heavy atom. The molecule has 0 saturated carbocycles. The average molecular weight is 238 g/mol. The van der Waals surface area contributed by atoms with E-state index in [0.29, 0.717) is 11.5 Å². The smallest absolute Gasteiger partial charge is 0.335 e. The van der Waals surface area contributed by atoms with E-state index in [1.165, 1.54) is 16.7 Å². The summed E-state index contributed by atoms with van der Waals surface area (Å²) < 4.78 is 0. The number of fused-ring (bicyclic) bond motifs is 1. The molecule has 1 unspecified atom stereocenters. The van der Waals surface area contributed by atoms with E-state index < -0.39 is 5.97 Å². The summed E-state index contributed by atoms with van der Waals surface area (Å²) >= 11 is 0. The third kappa shape index (κ3) is 1.80. The highest BCUT2D eigenvalue weighted by Crippen LogP contribution is 2.37. The van der Waals surface area contributed by atoms with Gasteiger partial charge in [0.15, 0.2) is 0 Å². The van der Waals surface area contributed by atoms with Gasteiger partial charge in [-0.25, -0.2) is 4.79 Å². The molecule has 2 aromatic carbocycles. The third-order valence-corrected chi connectivity index (χ3v) is 3.69. The van der Waals surface area contributed by atoms with Crippen molar-refractivity contribution in [3.8, 4) is 0 Å². The number of carbonyl (C=O) groups is 1. The van der Waals surface area contributed by atoms with Gasteiger partial charge in [-0.1, -0.05) is 36.4 Å². The monoisotopic (exact) mass is 238 g/mol. The molecule has 2 aromatic rings. The topological polar surface area (TPSA) is 37.3 Å². The van der Waals surface area contributed by atoms with Gasteiger partial charge >= 0.3 is 5.97 Å². The molecule has 0 heterocycles. The van der Waals surface area contributed by atoms with Crippen molar-refractivity contribution in [3.63, 3.8) is 0 Å². The molecule has 1 aliphatic rings. The Morgan fingerprint density at radius 2 is 1.78 bits per heavy atom. The van der Waals surface area contributed by atoms with Gasteiger partial charge < -0.3 is 5.11 Å². The number of carboxylic acid groups (broad SMARTS) is 1. The molecule has 0 spiro atoms. The summed E-state index contributed by atoms with van der Waals surface area (Å²) in [5, 5.41) is 8.90. The van der Waals surface area contributed by atoms with E-state index in [1.807, 2.05) is 12.1 Å². The summed E-state index contributed by atoms with van der Waals surface area (Å²) in [5.41, 5.74) is 4.38. The molecule has 2 heteroatoms. The first-order valence-electron chi connectivity index (χ1n) is 6.17. The molecule has 0 fully saturated rings. The SMILES string of the molecule is O=C(O)c1ccc(C2CCc3ccccc32)cc1. The Morgan fingerprint density at radius 1 is 1.06 bits per heavy atom. The fourth-order valence-corrected chi connectivity index (χ4v) is 2.76. The molecular formula is C16H14O2. The van der Waals surface area contributed by atoms with Crippen molar-refractivity contribution in [2.45, 2.75) is 18.8 Å². The number of rotatable bonds is 2. The number of benzene rings is 2. The standard InChI is InChI=1S/C16H14O2/c17-16(18)13-7-5-12(6-8-13)15-10-9-11-3-1-2-4-14(11)15/h1-8,15H,9-10H2,(H,17,18). The molecular weight excluding hydrogens is 224 g/mol. The van der Waals surface area contributed by atoms with Gasteiger partial charge in [-0.15, -0.1) is 0 Å². The van der Waals surface area contributed by atoms with Gasteiger partial charge in [-0.2, -0.15) is 0 Å². The minimum atomic E-state index is -0.867. The molecule has 18 heavy (non-hydrogen) atoms. The molecule has 0 radical (unpaired) electrons. The van der Waals surface area contributed by atoms with Gasteiger partial charge in [0.1, 0.15) is 0 Å². The van der Waals surface area contributed by atoms with Crippen molar-refractivity contribution in [2.75, 3.05) is 0 Å². The molecule has 1 atom stereocenters. The van der Waals surface area contributed by atoms with Crippen LogP contribution in [-0.4, -0.2) is 11.1 Å². The largest absolute Gasteiger partial charge is 0.478 e. The van der Waals surface area contributed by atoms with Gasteiger partial charge in [0, 0.05) is 5.92 Å². The van der Waals surface area contributed by atoms with Crippen LogP contribution in [-0.2, 0) is 6.42 Å². The fraction of sp³-hybridized carbons (Fsp3) is 0.188. The van der Waals surface area contributed by atoms with E-state index in [1.54, 1.807) is 12.1 Å². The zero-order chi connectivity index (χ0) is 12.5. The summed E-state index contributed by atoms with van der Waals surface area (Å²) in [7, 11) is 0. The van der Waals surface area contributed by atoms with E-state index in [2.05, 4.69) is 24.3 Å². The molecule has 0 aromatic heterocycles. The van der Waals surface area contributed by atoms with Gasteiger partial charge in [0.05, 0.1) is 5.56 Å². The zero-order valence-corrected chi connectivity index (χ0v) is 9.97. The third-order valence-electron chi connectivity index (χ3n) is 3.69. The van der Waals surface area contributed by atoms with E-state index in [4.69, 9.17) is 5.11 Å². The summed E-state index contributed by atoms with van der Waals surface area (Å²) in [6.45, 7) is 0. The lowest BCUT2D eigenvalue weighted by Gasteiger charge is -2.12. The van der Waals surface area contributed by atoms with E-state index in [-0.39, 0.29) is 0 Å². The van der Waals surface area contributed by atoms with Crippen LogP contribution in [0.2, 0.25) is 0 Å². The Labute approximate surface area is 106 Å². The molecule has 2 nitrogen and oxygen atoms in total. The lowest BCUT2D eigenvalue weighted by atomic mass is 9.92. The first-order chi connectivity index (χ1) is 8.75. The molecule has 0 amide bonds. The van der Waals surface area contributed by atoms with E-state index in [9.17, 15) is 4.79 Å². The summed E-state index contributed by atoms with van der Waals surface area (Å²) in [4.78, 5) is 10.8. The number of hydrogen-bond donors (Lipinski definition) is 1. The fourth-order valence-electron chi connectivity index (χ4n) is 2.76. The number of carboxylic acids is 1. The summed E-state index contributed by atoms with van der Waals surface area (Å²) in [6.07, 6.45) is 2.23. The second-order valence-corrected chi connectivity index (χ2v) is 4.72. The summed E-state index contributed by atoms with van der Waals surface area (Å²) in [6, 6.07) is 15.8. The Balaban J connectivity index is 1.95. The highest BCUT2D eigenvalue weighted by Gasteiger charge is 2.23. The second kappa shape index (κ2) is 4.30. The number of aromatic carboxylic acids is 1. The van der Waals surface area contributed by atoms with Gasteiger partial charge in [-0.05, 0) is 41.7 Å². The van der Waals surface area contributed by atoms with Gasteiger partial charge in [-0.3, -0.25) is 0 Å². The van der Waals surface area contributed by atoms with Crippen LogP contribution >= 0.6 is 0 Å². The Hall–Kier alpha value is -2.09. The van der Waals surface area contributed by atoms with Crippen LogP contribution < -0.4 is 0 Å². The van der Waals surface area contributed by atoms with Crippen LogP contribution in [0.25, 0.3) is 0 Å². The van der Waals surface area contributed by atoms with Crippen molar-refractivity contribution in [3.05, 3.63) is 70.8 Å². The molecule has 90 valence electrons. The zero-order valence-electron chi connectivity index (χ0n) is 9.97. The first kappa shape index (κ1) is 11.0. The van der Waals surface area contributed by atoms with Crippen molar-refractivity contribution < 1.29 is 9.90 Å². The molecule has 0 bridgehead atoms. The maximum absolute atomic E-state index is 10.8. The van der Waals surface area contributed by atoms with Crippen LogP contribution in [0.1, 0.15) is 39.4 Å². The number of hydrogen-bond acceptors (Lipinski definition) is 1. The van der Waals surface area contributed by atoms with Crippen molar-refractivity contribution in [1.82, 2.24) is 0 Å². The van der Waals surface area contributed by atoms with Crippen molar-refractivity contribution in [2.24, 2.45) is 0 Å². The summed E-state index contributed by atoms with van der Waals surface area (Å²) in [5.74, 6) is -0.447.